The van der Waals surface area contributed by atoms with Crippen LogP contribution in [0.4, 0.5) is 5.69 Å². The van der Waals surface area contributed by atoms with Gasteiger partial charge in [-0.1, -0.05) is 23.7 Å². The molecule has 2 aromatic rings. The number of carbonyl (C=O) groups is 1. The molecular formula is C18H20ClN3O4S. The van der Waals surface area contributed by atoms with Gasteiger partial charge < -0.3 is 4.74 Å². The first-order chi connectivity index (χ1) is 12.7. The lowest BCUT2D eigenvalue weighted by molar-refractivity contribution is -0.119. The van der Waals surface area contributed by atoms with Crippen LogP contribution in [0.15, 0.2) is 47.6 Å². The number of hydrogen-bond acceptors (Lipinski definition) is 5. The maximum absolute atomic E-state index is 12.2. The third-order valence-corrected chi connectivity index (χ3v) is 5.01. The highest BCUT2D eigenvalue weighted by atomic mass is 35.5. The minimum absolute atomic E-state index is 0.380. The summed E-state index contributed by atoms with van der Waals surface area (Å²) in [6, 6.07) is 11.9. The van der Waals surface area contributed by atoms with Gasteiger partial charge in [0.1, 0.15) is 12.3 Å². The molecule has 2 rings (SSSR count). The zero-order chi connectivity index (χ0) is 20.0. The first kappa shape index (κ1) is 20.7. The lowest BCUT2D eigenvalue weighted by Crippen LogP contribution is -2.39. The predicted molar refractivity (Wildman–Crippen MR) is 107 cm³/mol. The summed E-state index contributed by atoms with van der Waals surface area (Å²) < 4.78 is 30.5. The van der Waals surface area contributed by atoms with Crippen LogP contribution >= 0.6 is 11.6 Å². The lowest BCUT2D eigenvalue weighted by atomic mass is 10.2. The molecule has 0 fully saturated rings. The van der Waals surface area contributed by atoms with Crippen molar-refractivity contribution in [2.75, 3.05) is 24.2 Å². The molecule has 0 saturated carbocycles. The molecule has 0 heterocycles. The summed E-state index contributed by atoms with van der Waals surface area (Å²) in [7, 11) is -2.15. The number of hydrazone groups is 1. The number of benzene rings is 2. The SMILES string of the molecule is COc1ccccc1/C=N\NC(=O)CN(c1ccc(Cl)cc1C)S(C)(=O)=O. The van der Waals surface area contributed by atoms with E-state index in [-0.39, 0.29) is 0 Å². The van der Waals surface area contributed by atoms with Gasteiger partial charge in [0.05, 0.1) is 25.3 Å². The van der Waals surface area contributed by atoms with E-state index in [1.807, 2.05) is 6.07 Å². The minimum Gasteiger partial charge on any atom is -0.496 e. The van der Waals surface area contributed by atoms with E-state index in [9.17, 15) is 13.2 Å². The summed E-state index contributed by atoms with van der Waals surface area (Å²) in [5.74, 6) is 0.0194. The molecule has 0 bridgehead atoms. The molecule has 7 nitrogen and oxygen atoms in total. The molecule has 0 radical (unpaired) electrons. The van der Waals surface area contributed by atoms with E-state index in [1.54, 1.807) is 43.3 Å². The van der Waals surface area contributed by atoms with Crippen molar-refractivity contribution in [1.29, 1.82) is 0 Å². The summed E-state index contributed by atoms with van der Waals surface area (Å²) in [6.45, 7) is 1.31. The summed E-state index contributed by atoms with van der Waals surface area (Å²) in [4.78, 5) is 12.2. The van der Waals surface area contributed by atoms with E-state index < -0.39 is 22.5 Å². The number of amides is 1. The summed E-state index contributed by atoms with van der Waals surface area (Å²) in [5.41, 5.74) is 4.02. The smallest absolute Gasteiger partial charge is 0.260 e. The molecule has 0 saturated heterocycles. The van der Waals surface area contributed by atoms with Crippen LogP contribution in [-0.2, 0) is 14.8 Å². The van der Waals surface area contributed by atoms with Crippen LogP contribution in [0.2, 0.25) is 5.02 Å². The van der Waals surface area contributed by atoms with E-state index in [0.717, 1.165) is 10.6 Å². The number of carbonyl (C=O) groups excluding carboxylic acids is 1. The number of rotatable bonds is 7. The fourth-order valence-corrected chi connectivity index (χ4v) is 3.53. The molecule has 0 atom stereocenters. The van der Waals surface area contributed by atoms with Crippen LogP contribution in [0, 0.1) is 6.92 Å². The third kappa shape index (κ3) is 5.70. The first-order valence-electron chi connectivity index (χ1n) is 7.91. The Labute approximate surface area is 163 Å². The second-order valence-electron chi connectivity index (χ2n) is 5.74. The Hall–Kier alpha value is -2.58. The number of methoxy groups -OCH3 is 1. The molecule has 1 N–H and O–H groups in total. The molecule has 0 unspecified atom stereocenters. The summed E-state index contributed by atoms with van der Waals surface area (Å²) in [5, 5.41) is 4.35. The molecule has 0 aromatic heterocycles. The zero-order valence-corrected chi connectivity index (χ0v) is 16.7. The third-order valence-electron chi connectivity index (χ3n) is 3.65. The van der Waals surface area contributed by atoms with Gasteiger partial charge in [0, 0.05) is 10.6 Å². The predicted octanol–water partition coefficient (Wildman–Crippen LogP) is 2.57. The van der Waals surface area contributed by atoms with Crippen molar-refractivity contribution in [3.05, 3.63) is 58.6 Å². The Morgan fingerprint density at radius 2 is 2.00 bits per heavy atom. The zero-order valence-electron chi connectivity index (χ0n) is 15.1. The number of aryl methyl sites for hydroxylation is 1. The molecular weight excluding hydrogens is 390 g/mol. The highest BCUT2D eigenvalue weighted by molar-refractivity contribution is 7.92. The van der Waals surface area contributed by atoms with Crippen molar-refractivity contribution in [1.82, 2.24) is 5.43 Å². The van der Waals surface area contributed by atoms with Crippen LogP contribution < -0.4 is 14.5 Å². The van der Waals surface area contributed by atoms with Crippen LogP contribution in [0.25, 0.3) is 0 Å². The molecule has 0 aliphatic heterocycles. The van der Waals surface area contributed by atoms with Gasteiger partial charge in [-0.25, -0.2) is 13.8 Å². The second-order valence-corrected chi connectivity index (χ2v) is 8.08. The van der Waals surface area contributed by atoms with E-state index in [0.29, 0.717) is 27.6 Å². The van der Waals surface area contributed by atoms with Crippen molar-refractivity contribution < 1.29 is 17.9 Å². The topological polar surface area (TPSA) is 88.1 Å². The number of nitrogens with one attached hydrogen (secondary N) is 1. The van der Waals surface area contributed by atoms with Gasteiger partial charge >= 0.3 is 0 Å². The molecule has 27 heavy (non-hydrogen) atoms. The average molecular weight is 410 g/mol. The molecule has 0 spiro atoms. The van der Waals surface area contributed by atoms with Gasteiger partial charge in [-0.3, -0.25) is 9.10 Å². The average Bonchev–Trinajstić information content (AvgIpc) is 2.60. The van der Waals surface area contributed by atoms with Gasteiger partial charge in [-0.05, 0) is 42.8 Å². The Bertz CT molecular complexity index is 961. The second kappa shape index (κ2) is 8.88. The number of sulfonamides is 1. The van der Waals surface area contributed by atoms with E-state index in [2.05, 4.69) is 10.5 Å². The van der Waals surface area contributed by atoms with E-state index in [1.165, 1.54) is 13.3 Å². The van der Waals surface area contributed by atoms with Crippen molar-refractivity contribution in [2.24, 2.45) is 5.10 Å². The van der Waals surface area contributed by atoms with Gasteiger partial charge in [0.25, 0.3) is 5.91 Å². The Morgan fingerprint density at radius 3 is 2.63 bits per heavy atom. The molecule has 0 aliphatic carbocycles. The van der Waals surface area contributed by atoms with Gasteiger partial charge in [0.2, 0.25) is 10.0 Å². The van der Waals surface area contributed by atoms with E-state index in [4.69, 9.17) is 16.3 Å². The monoisotopic (exact) mass is 409 g/mol. The Morgan fingerprint density at radius 1 is 1.30 bits per heavy atom. The van der Waals surface area contributed by atoms with Crippen molar-refractivity contribution >= 4 is 39.4 Å². The number of halogens is 1. The van der Waals surface area contributed by atoms with Gasteiger partial charge in [-0.15, -0.1) is 0 Å². The van der Waals surface area contributed by atoms with Crippen LogP contribution in [0.5, 0.6) is 5.75 Å². The van der Waals surface area contributed by atoms with Crippen molar-refractivity contribution in [3.8, 4) is 5.75 Å². The highest BCUT2D eigenvalue weighted by Crippen LogP contribution is 2.25. The maximum Gasteiger partial charge on any atom is 0.260 e. The van der Waals surface area contributed by atoms with Crippen LogP contribution in [0.1, 0.15) is 11.1 Å². The fraction of sp³-hybridized carbons (Fsp3) is 0.222. The number of para-hydroxylation sites is 1. The Kier molecular flexibility index (Phi) is 6.81. The molecule has 0 aliphatic rings. The summed E-state index contributed by atoms with van der Waals surface area (Å²) in [6.07, 6.45) is 2.46. The van der Waals surface area contributed by atoms with Gasteiger partial charge in [0.15, 0.2) is 0 Å². The first-order valence-corrected chi connectivity index (χ1v) is 10.1. The highest BCUT2D eigenvalue weighted by Gasteiger charge is 2.22. The normalized spacial score (nSPS) is 11.4. The number of nitrogens with zero attached hydrogens (tertiary/aromatic N) is 2. The minimum atomic E-state index is -3.68. The van der Waals surface area contributed by atoms with E-state index >= 15 is 0 Å². The van der Waals surface area contributed by atoms with Crippen molar-refractivity contribution in [2.45, 2.75) is 6.92 Å². The lowest BCUT2D eigenvalue weighted by Gasteiger charge is -2.23. The van der Waals surface area contributed by atoms with Gasteiger partial charge in [-0.2, -0.15) is 5.10 Å². The number of anilines is 1. The largest absolute Gasteiger partial charge is 0.496 e. The standard InChI is InChI=1S/C18H20ClN3O4S/c1-13-10-15(19)8-9-16(13)22(27(3,24)25)12-18(23)21-20-11-14-6-4-5-7-17(14)26-2/h4-11H,12H2,1-3H3,(H,21,23)/b20-11-. The molecule has 2 aromatic carbocycles. The van der Waals surface area contributed by atoms with Crippen LogP contribution in [0.3, 0.4) is 0 Å². The maximum atomic E-state index is 12.2. The molecule has 9 heteroatoms. The summed E-state index contributed by atoms with van der Waals surface area (Å²) >= 11 is 5.92. The molecule has 1 amide bonds. The number of hydrogen-bond donors (Lipinski definition) is 1. The quantitative estimate of drug-likeness (QED) is 0.562. The van der Waals surface area contributed by atoms with Crippen LogP contribution in [-0.4, -0.2) is 40.4 Å². The van der Waals surface area contributed by atoms with Crippen molar-refractivity contribution in [3.63, 3.8) is 0 Å². The molecule has 144 valence electrons. The Balaban J connectivity index is 2.14. The number of ether oxygens (including phenoxy) is 1. The fourth-order valence-electron chi connectivity index (χ4n) is 2.39.